The molecule has 0 aromatic carbocycles. The van der Waals surface area contributed by atoms with Crippen LogP contribution in [0.3, 0.4) is 0 Å². The summed E-state index contributed by atoms with van der Waals surface area (Å²) in [7, 11) is 0. The van der Waals surface area contributed by atoms with Gasteiger partial charge in [-0.25, -0.2) is 24.8 Å². The number of imide groups is 2. The molecule has 10 heteroatoms. The summed E-state index contributed by atoms with van der Waals surface area (Å²) < 4.78 is -0.522. The molecule has 2 aliphatic rings. The third-order valence-corrected chi connectivity index (χ3v) is 6.39. The van der Waals surface area contributed by atoms with Gasteiger partial charge in [-0.15, -0.1) is 0 Å². The number of hydrogen-bond acceptors (Lipinski definition) is 6. The van der Waals surface area contributed by atoms with Gasteiger partial charge in [0.15, 0.2) is 0 Å². The second kappa shape index (κ2) is 10.8. The van der Waals surface area contributed by atoms with E-state index >= 15 is 0 Å². The van der Waals surface area contributed by atoms with E-state index in [0.717, 1.165) is 25.7 Å². The lowest BCUT2D eigenvalue weighted by Gasteiger charge is -2.36. The highest BCUT2D eigenvalue weighted by molar-refractivity contribution is 5.95. The van der Waals surface area contributed by atoms with Crippen LogP contribution in [0.25, 0.3) is 0 Å². The first-order chi connectivity index (χ1) is 14.2. The Morgan fingerprint density at radius 3 is 2.40 bits per heavy atom. The minimum Gasteiger partial charge on any atom is -0.392 e. The third kappa shape index (κ3) is 5.77. The molecule has 10 nitrogen and oxygen atoms in total. The van der Waals surface area contributed by atoms with Crippen molar-refractivity contribution in [3.8, 4) is 0 Å². The first kappa shape index (κ1) is 24.2. The van der Waals surface area contributed by atoms with Crippen molar-refractivity contribution in [3.63, 3.8) is 0 Å². The van der Waals surface area contributed by atoms with Crippen molar-refractivity contribution in [2.45, 2.75) is 70.9 Å². The van der Waals surface area contributed by atoms with Crippen molar-refractivity contribution < 1.29 is 34.0 Å². The first-order valence-corrected chi connectivity index (χ1v) is 10.8. The van der Waals surface area contributed by atoms with E-state index in [1.165, 1.54) is 6.92 Å². The molecule has 0 spiro atoms. The van der Waals surface area contributed by atoms with Gasteiger partial charge in [-0.2, -0.15) is 4.48 Å². The molecule has 0 bridgehead atoms. The molecule has 1 saturated carbocycles. The van der Waals surface area contributed by atoms with Crippen LogP contribution in [0.2, 0.25) is 0 Å². The maximum absolute atomic E-state index is 13.7. The number of urea groups is 2. The minimum atomic E-state index is -0.769. The summed E-state index contributed by atoms with van der Waals surface area (Å²) in [6.45, 7) is 3.38. The standard InChI is InChI=1S/C20H34N4O6/c1-14-6-5-9-24(14,20(29)22-19(28)21-11-15(2)26)18(27)17(12-23(30)13-25)10-16-7-3-4-8-16/h13-17,26,30H,3-12H2,1-2H3,(H-,21,22,28,29)/p+1/t14-,15-,17-,24?/m1/s1. The lowest BCUT2D eigenvalue weighted by Crippen LogP contribution is -2.66. The molecule has 1 aliphatic carbocycles. The van der Waals surface area contributed by atoms with Gasteiger partial charge in [0, 0.05) is 19.4 Å². The molecular weight excluding hydrogens is 392 g/mol. The van der Waals surface area contributed by atoms with Crippen LogP contribution >= 0.6 is 0 Å². The molecule has 0 aromatic rings. The van der Waals surface area contributed by atoms with Crippen LogP contribution in [0.15, 0.2) is 0 Å². The minimum absolute atomic E-state index is 0.0221. The van der Waals surface area contributed by atoms with E-state index in [1.54, 1.807) is 6.92 Å². The van der Waals surface area contributed by atoms with Crippen molar-refractivity contribution in [1.82, 2.24) is 15.7 Å². The van der Waals surface area contributed by atoms with Crippen molar-refractivity contribution in [2.75, 3.05) is 19.6 Å². The van der Waals surface area contributed by atoms with Crippen LogP contribution in [0, 0.1) is 11.8 Å². The number of hydroxylamine groups is 2. The fourth-order valence-electron chi connectivity index (χ4n) is 4.78. The smallest absolute Gasteiger partial charge is 0.392 e. The number of hydrogen-bond donors (Lipinski definition) is 4. The lowest BCUT2D eigenvalue weighted by molar-refractivity contribution is -0.786. The van der Waals surface area contributed by atoms with Gasteiger partial charge >= 0.3 is 18.0 Å². The second-order valence-electron chi connectivity index (χ2n) is 8.72. The van der Waals surface area contributed by atoms with Crippen LogP contribution in [0.4, 0.5) is 9.59 Å². The zero-order valence-corrected chi connectivity index (χ0v) is 17.9. The molecule has 1 unspecified atom stereocenters. The lowest BCUT2D eigenvalue weighted by atomic mass is 9.91. The quantitative estimate of drug-likeness (QED) is 0.200. The summed E-state index contributed by atoms with van der Waals surface area (Å²) in [4.78, 5) is 49.9. The Morgan fingerprint density at radius 1 is 1.20 bits per heavy atom. The van der Waals surface area contributed by atoms with Crippen LogP contribution in [-0.2, 0) is 9.59 Å². The first-order valence-electron chi connectivity index (χ1n) is 10.8. The van der Waals surface area contributed by atoms with Gasteiger partial charge in [0.05, 0.1) is 25.1 Å². The monoisotopic (exact) mass is 427 g/mol. The van der Waals surface area contributed by atoms with Crippen LogP contribution in [0.5, 0.6) is 0 Å². The Morgan fingerprint density at radius 2 is 1.87 bits per heavy atom. The average molecular weight is 428 g/mol. The van der Waals surface area contributed by atoms with Gasteiger partial charge < -0.3 is 10.4 Å². The summed E-state index contributed by atoms with van der Waals surface area (Å²) >= 11 is 0. The zero-order valence-electron chi connectivity index (χ0n) is 17.9. The third-order valence-electron chi connectivity index (χ3n) is 6.39. The Labute approximate surface area is 177 Å². The molecular formula is C20H35N4O6+. The predicted octanol–water partition coefficient (Wildman–Crippen LogP) is 1.36. The molecule has 4 N–H and O–H groups in total. The number of amides is 6. The van der Waals surface area contributed by atoms with Crippen molar-refractivity contribution in [1.29, 1.82) is 0 Å². The highest BCUT2D eigenvalue weighted by Crippen LogP contribution is 2.35. The zero-order chi connectivity index (χ0) is 22.3. The molecule has 0 radical (unpaired) electrons. The van der Waals surface area contributed by atoms with E-state index in [1.807, 2.05) is 0 Å². The van der Waals surface area contributed by atoms with Crippen molar-refractivity contribution in [3.05, 3.63) is 0 Å². The number of rotatable bonds is 8. The molecule has 1 heterocycles. The summed E-state index contributed by atoms with van der Waals surface area (Å²) in [6, 6.07) is -1.80. The van der Waals surface area contributed by atoms with Gasteiger partial charge in [0.1, 0.15) is 6.04 Å². The predicted molar refractivity (Wildman–Crippen MR) is 107 cm³/mol. The number of nitrogens with one attached hydrogen (secondary N) is 2. The molecule has 2 rings (SSSR count). The van der Waals surface area contributed by atoms with Gasteiger partial charge in [-0.05, 0) is 26.2 Å². The summed E-state index contributed by atoms with van der Waals surface area (Å²) in [5.74, 6) is -0.752. The number of nitrogens with zero attached hydrogens (tertiary/aromatic N) is 2. The fraction of sp³-hybridized carbons (Fsp3) is 0.800. The number of carbonyl (C=O) groups is 4. The largest absolute Gasteiger partial charge is 0.432 e. The topological polar surface area (TPSA) is 136 Å². The summed E-state index contributed by atoms with van der Waals surface area (Å²) in [5, 5.41) is 24.2. The summed E-state index contributed by atoms with van der Waals surface area (Å²) in [5.41, 5.74) is 0. The molecule has 4 atom stereocenters. The number of carbonyl (C=O) groups excluding carboxylic acids is 4. The normalized spacial score (nSPS) is 26.1. The fourth-order valence-corrected chi connectivity index (χ4v) is 4.78. The number of likely N-dealkylation sites (tertiary alicyclic amines) is 1. The molecule has 170 valence electrons. The Kier molecular flexibility index (Phi) is 8.75. The van der Waals surface area contributed by atoms with Crippen LogP contribution in [0.1, 0.15) is 58.8 Å². The maximum atomic E-state index is 13.7. The van der Waals surface area contributed by atoms with E-state index in [0.29, 0.717) is 30.2 Å². The van der Waals surface area contributed by atoms with Gasteiger partial charge in [0.25, 0.3) is 0 Å². The summed E-state index contributed by atoms with van der Waals surface area (Å²) in [6.07, 6.45) is 5.44. The molecule has 6 amide bonds. The molecule has 1 aliphatic heterocycles. The van der Waals surface area contributed by atoms with E-state index in [2.05, 4.69) is 10.6 Å². The second-order valence-corrected chi connectivity index (χ2v) is 8.72. The highest BCUT2D eigenvalue weighted by Gasteiger charge is 2.55. The molecule has 2 fully saturated rings. The van der Waals surface area contributed by atoms with E-state index in [-0.39, 0.29) is 38.0 Å². The van der Waals surface area contributed by atoms with Crippen molar-refractivity contribution >= 4 is 24.4 Å². The number of aliphatic hydroxyl groups is 1. The highest BCUT2D eigenvalue weighted by atomic mass is 16.5. The Bertz CT molecular complexity index is 637. The van der Waals surface area contributed by atoms with Gasteiger partial charge in [-0.1, -0.05) is 25.7 Å². The molecule has 30 heavy (non-hydrogen) atoms. The van der Waals surface area contributed by atoms with Gasteiger partial charge in [-0.3, -0.25) is 10.0 Å². The van der Waals surface area contributed by atoms with Crippen LogP contribution < -0.4 is 10.6 Å². The average Bonchev–Trinajstić information content (AvgIpc) is 3.35. The Balaban J connectivity index is 2.22. The number of aliphatic hydroxyl groups excluding tert-OH is 1. The van der Waals surface area contributed by atoms with E-state index in [9.17, 15) is 29.5 Å². The Hall–Kier alpha value is -2.04. The number of quaternary nitrogens is 1. The molecule has 1 saturated heterocycles. The van der Waals surface area contributed by atoms with E-state index in [4.69, 9.17) is 0 Å². The van der Waals surface area contributed by atoms with E-state index < -0.39 is 28.6 Å². The van der Waals surface area contributed by atoms with Crippen molar-refractivity contribution in [2.24, 2.45) is 11.8 Å². The molecule has 0 aromatic heterocycles. The maximum Gasteiger partial charge on any atom is 0.432 e. The SMILES string of the molecule is C[C@@H]1CCC[N+]1(C(=O)NC(=O)NC[C@@H](C)O)C(=O)[C@H](CC1CCCC1)CN(O)C=O. The van der Waals surface area contributed by atoms with Gasteiger partial charge in [0.2, 0.25) is 6.41 Å². The van der Waals surface area contributed by atoms with Crippen LogP contribution in [-0.4, -0.2) is 76.0 Å².